The molecule has 0 aliphatic heterocycles. The van der Waals surface area contributed by atoms with Crippen molar-refractivity contribution in [3.63, 3.8) is 0 Å². The Kier molecular flexibility index (Phi) is 4.57. The van der Waals surface area contributed by atoms with Crippen molar-refractivity contribution in [3.05, 3.63) is 63.3 Å². The zero-order chi connectivity index (χ0) is 13.7. The van der Waals surface area contributed by atoms with E-state index >= 15 is 0 Å². The van der Waals surface area contributed by atoms with Crippen LogP contribution in [0.3, 0.4) is 0 Å². The normalized spacial score (nSPS) is 13.3. The SMILES string of the molecule is C=C/C(=C\C(C(=N)c1c[pH]cn1)=C(/C)O)[N+](=O)[O-]. The Morgan fingerprint density at radius 1 is 1.72 bits per heavy atom. The molecule has 7 heteroatoms. The number of allylic oxidation sites excluding steroid dienone is 4. The van der Waals surface area contributed by atoms with Crippen molar-refractivity contribution in [2.24, 2.45) is 0 Å². The minimum Gasteiger partial charge on any atom is -0.512 e. The van der Waals surface area contributed by atoms with Gasteiger partial charge in [-0.1, -0.05) is 6.58 Å². The van der Waals surface area contributed by atoms with Crippen molar-refractivity contribution in [1.29, 1.82) is 5.41 Å². The molecule has 18 heavy (non-hydrogen) atoms. The van der Waals surface area contributed by atoms with E-state index in [1.807, 2.05) is 0 Å². The van der Waals surface area contributed by atoms with Crippen LogP contribution in [0.15, 0.2) is 47.5 Å². The number of hydrogen-bond donors (Lipinski definition) is 2. The number of aliphatic hydroxyl groups is 1. The van der Waals surface area contributed by atoms with Gasteiger partial charge in [0.1, 0.15) is 0 Å². The average molecular weight is 265 g/mol. The van der Waals surface area contributed by atoms with Gasteiger partial charge < -0.3 is 5.11 Å². The third-order valence-corrected chi connectivity index (χ3v) is 2.84. The molecule has 6 nitrogen and oxygen atoms in total. The van der Waals surface area contributed by atoms with E-state index in [4.69, 9.17) is 5.41 Å². The largest absolute Gasteiger partial charge is 0.512 e. The zero-order valence-corrected chi connectivity index (χ0v) is 10.7. The molecule has 0 aliphatic rings. The van der Waals surface area contributed by atoms with Gasteiger partial charge in [0, 0.05) is 23.7 Å². The Balaban J connectivity index is 3.22. The Labute approximate surface area is 105 Å². The minimum atomic E-state index is -0.628. The van der Waals surface area contributed by atoms with E-state index < -0.39 is 4.92 Å². The summed E-state index contributed by atoms with van der Waals surface area (Å²) >= 11 is 0. The van der Waals surface area contributed by atoms with Crippen LogP contribution >= 0.6 is 8.19 Å². The molecule has 0 amide bonds. The van der Waals surface area contributed by atoms with Gasteiger partial charge in [0.25, 0.3) is 5.70 Å². The molecule has 0 radical (unpaired) electrons. The highest BCUT2D eigenvalue weighted by molar-refractivity contribution is 7.28. The van der Waals surface area contributed by atoms with Gasteiger partial charge in [0.05, 0.1) is 22.1 Å². The molecule has 0 fully saturated rings. The highest BCUT2D eigenvalue weighted by atomic mass is 31.0. The van der Waals surface area contributed by atoms with E-state index in [0.717, 1.165) is 12.2 Å². The molecule has 1 aromatic rings. The Morgan fingerprint density at radius 2 is 2.39 bits per heavy atom. The summed E-state index contributed by atoms with van der Waals surface area (Å²) in [4.78, 5) is 14.0. The lowest BCUT2D eigenvalue weighted by Crippen LogP contribution is -2.07. The number of aliphatic hydroxyl groups excluding tert-OH is 1. The molecule has 0 aromatic carbocycles. The number of nitrogens with one attached hydrogen (secondary N) is 1. The highest BCUT2D eigenvalue weighted by Gasteiger charge is 2.15. The molecule has 94 valence electrons. The van der Waals surface area contributed by atoms with Crippen LogP contribution in [0.5, 0.6) is 0 Å². The second-order valence-electron chi connectivity index (χ2n) is 3.36. The molecule has 1 rings (SSSR count). The number of hydrogen-bond acceptors (Lipinski definition) is 5. The average Bonchev–Trinajstić information content (AvgIpc) is 2.81. The van der Waals surface area contributed by atoms with Crippen LogP contribution in [0, 0.1) is 15.5 Å². The highest BCUT2D eigenvalue weighted by Crippen LogP contribution is 2.16. The van der Waals surface area contributed by atoms with Crippen molar-refractivity contribution >= 4 is 13.9 Å². The van der Waals surface area contributed by atoms with Crippen LogP contribution in [0.1, 0.15) is 12.6 Å². The quantitative estimate of drug-likeness (QED) is 0.281. The fraction of sp³-hybridized carbons (Fsp3) is 0.0909. The van der Waals surface area contributed by atoms with Gasteiger partial charge in [0.15, 0.2) is 0 Å². The molecule has 1 atom stereocenters. The lowest BCUT2D eigenvalue weighted by molar-refractivity contribution is -0.419. The molecule has 1 heterocycles. The monoisotopic (exact) mass is 265 g/mol. The van der Waals surface area contributed by atoms with Crippen molar-refractivity contribution in [2.45, 2.75) is 6.92 Å². The van der Waals surface area contributed by atoms with E-state index in [-0.39, 0.29) is 22.7 Å². The third-order valence-electron chi connectivity index (χ3n) is 2.13. The number of rotatable bonds is 5. The lowest BCUT2D eigenvalue weighted by atomic mass is 10.1. The van der Waals surface area contributed by atoms with Crippen molar-refractivity contribution in [3.8, 4) is 0 Å². The van der Waals surface area contributed by atoms with Crippen molar-refractivity contribution in [2.75, 3.05) is 0 Å². The number of nitro groups is 1. The third kappa shape index (κ3) is 3.15. The molecule has 0 spiro atoms. The first kappa shape index (κ1) is 13.9. The molecule has 2 N–H and O–H groups in total. The maximum absolute atomic E-state index is 10.7. The molecular weight excluding hydrogens is 253 g/mol. The standard InChI is InChI=1S/C11H12N3O3P/c1-3-8(14(16)17)4-9(7(2)15)11(12)10-5-18-6-13-10/h3-6,12,15,18H,1H2,2H3/b8-4+,9-7-,12-11?. The summed E-state index contributed by atoms with van der Waals surface area (Å²) in [6.07, 6.45) is 2.17. The smallest absolute Gasteiger partial charge is 0.269 e. The molecule has 0 aliphatic carbocycles. The maximum atomic E-state index is 10.7. The predicted octanol–water partition coefficient (Wildman–Crippen LogP) is 2.66. The van der Waals surface area contributed by atoms with E-state index in [1.165, 1.54) is 6.92 Å². The van der Waals surface area contributed by atoms with Crippen molar-refractivity contribution < 1.29 is 10.0 Å². The summed E-state index contributed by atoms with van der Waals surface area (Å²) in [6.45, 7) is 4.69. The summed E-state index contributed by atoms with van der Waals surface area (Å²) in [6, 6.07) is 0. The summed E-state index contributed by atoms with van der Waals surface area (Å²) in [5.41, 5.74) is 0.141. The topological polar surface area (TPSA) is 100 Å². The van der Waals surface area contributed by atoms with Gasteiger partial charge in [-0.2, -0.15) is 0 Å². The maximum Gasteiger partial charge on any atom is 0.269 e. The van der Waals surface area contributed by atoms with Crippen LogP contribution in [-0.4, -0.2) is 20.7 Å². The van der Waals surface area contributed by atoms with Gasteiger partial charge >= 0.3 is 0 Å². The van der Waals surface area contributed by atoms with E-state index in [1.54, 1.807) is 11.7 Å². The van der Waals surface area contributed by atoms with E-state index in [2.05, 4.69) is 11.6 Å². The van der Waals surface area contributed by atoms with E-state index in [9.17, 15) is 15.2 Å². The first-order valence-corrected chi connectivity index (χ1v) is 6.09. The zero-order valence-electron chi connectivity index (χ0n) is 9.67. The number of nitrogens with zero attached hydrogens (tertiary/aromatic N) is 2. The second-order valence-corrected chi connectivity index (χ2v) is 4.24. The van der Waals surface area contributed by atoms with Crippen molar-refractivity contribution in [1.82, 2.24) is 4.98 Å². The second kappa shape index (κ2) is 5.93. The van der Waals surface area contributed by atoms with Crippen LogP contribution in [0.4, 0.5) is 0 Å². The molecule has 0 bridgehead atoms. The van der Waals surface area contributed by atoms with Gasteiger partial charge in [-0.3, -0.25) is 20.5 Å². The first-order valence-electron chi connectivity index (χ1n) is 4.93. The van der Waals surface area contributed by atoms with Crippen LogP contribution in [-0.2, 0) is 0 Å². The summed E-state index contributed by atoms with van der Waals surface area (Å²) in [7, 11) is 0.386. The minimum absolute atomic E-state index is 0.0440. The molecule has 0 saturated carbocycles. The Morgan fingerprint density at radius 3 is 2.78 bits per heavy atom. The fourth-order valence-corrected chi connectivity index (χ4v) is 1.89. The Hall–Kier alpha value is -2.20. The molecular formula is C11H12N3O3P. The lowest BCUT2D eigenvalue weighted by Gasteiger charge is -2.03. The Bertz CT molecular complexity index is 540. The molecule has 0 saturated heterocycles. The van der Waals surface area contributed by atoms with E-state index in [0.29, 0.717) is 13.9 Å². The van der Waals surface area contributed by atoms with Gasteiger partial charge in [-0.25, -0.2) is 0 Å². The predicted molar refractivity (Wildman–Crippen MR) is 71.2 cm³/mol. The fourth-order valence-electron chi connectivity index (χ4n) is 1.23. The van der Waals surface area contributed by atoms with Crippen LogP contribution in [0.2, 0.25) is 0 Å². The van der Waals surface area contributed by atoms with Crippen LogP contribution in [0.25, 0.3) is 0 Å². The molecule has 1 unspecified atom stereocenters. The summed E-state index contributed by atoms with van der Waals surface area (Å²) in [5.74, 6) is 3.21. The van der Waals surface area contributed by atoms with Gasteiger partial charge in [0.2, 0.25) is 0 Å². The van der Waals surface area contributed by atoms with Crippen LogP contribution < -0.4 is 0 Å². The summed E-state index contributed by atoms with van der Waals surface area (Å²) < 4.78 is 0. The summed E-state index contributed by atoms with van der Waals surface area (Å²) in [5, 5.41) is 28.1. The van der Waals surface area contributed by atoms with Gasteiger partial charge in [-0.05, 0) is 12.7 Å². The van der Waals surface area contributed by atoms with Gasteiger partial charge in [-0.15, -0.1) is 8.19 Å². The molecule has 1 aromatic heterocycles. The number of aromatic nitrogens is 1. The first-order chi connectivity index (χ1) is 8.47.